The summed E-state index contributed by atoms with van der Waals surface area (Å²) < 4.78 is 54.1. The van der Waals surface area contributed by atoms with Crippen molar-refractivity contribution in [1.82, 2.24) is 9.97 Å². The van der Waals surface area contributed by atoms with Crippen molar-refractivity contribution in [3.05, 3.63) is 97.6 Å². The minimum atomic E-state index is -3.44. The van der Waals surface area contributed by atoms with E-state index in [-0.39, 0.29) is 13.2 Å². The number of hydrogen-bond acceptors (Lipinski definition) is 10. The van der Waals surface area contributed by atoms with Gasteiger partial charge in [0.1, 0.15) is 18.1 Å². The highest BCUT2D eigenvalue weighted by Gasteiger charge is 2.10. The maximum Gasteiger partial charge on any atom is 0.264 e. The van der Waals surface area contributed by atoms with E-state index in [1.165, 1.54) is 0 Å². The van der Waals surface area contributed by atoms with Gasteiger partial charge in [-0.3, -0.25) is 4.18 Å². The third-order valence-corrected chi connectivity index (χ3v) is 7.77. The van der Waals surface area contributed by atoms with E-state index >= 15 is 0 Å². The van der Waals surface area contributed by atoms with Crippen molar-refractivity contribution in [3.63, 3.8) is 0 Å². The lowest BCUT2D eigenvalue weighted by atomic mass is 10.1. The molecule has 0 N–H and O–H groups in total. The lowest BCUT2D eigenvalue weighted by Crippen LogP contribution is -2.14. The Balaban J connectivity index is 1.10. The van der Waals surface area contributed by atoms with Crippen LogP contribution in [0.2, 0.25) is 0 Å². The molecule has 0 atom stereocenters. The van der Waals surface area contributed by atoms with Crippen LogP contribution in [0.4, 0.5) is 0 Å². The van der Waals surface area contributed by atoms with Crippen LogP contribution in [0.3, 0.4) is 0 Å². The average Bonchev–Trinajstić information content (AvgIpc) is 3.10. The second kappa shape index (κ2) is 17.7. The first-order valence-electron chi connectivity index (χ1n) is 15.8. The molecule has 0 saturated carbocycles. The molecule has 5 rings (SSSR count). The molecule has 0 aliphatic rings. The van der Waals surface area contributed by atoms with Gasteiger partial charge < -0.3 is 23.7 Å². The van der Waals surface area contributed by atoms with Crippen LogP contribution in [-0.4, -0.2) is 84.1 Å². The van der Waals surface area contributed by atoms with Crippen LogP contribution in [-0.2, 0) is 28.5 Å². The zero-order valence-corrected chi connectivity index (χ0v) is 27.8. The van der Waals surface area contributed by atoms with Gasteiger partial charge in [-0.05, 0) is 67.1 Å². The summed E-state index contributed by atoms with van der Waals surface area (Å²) in [6.45, 7) is 6.92. The predicted octanol–water partition coefficient (Wildman–Crippen LogP) is 6.48. The molecular weight excluding hydrogens is 632 g/mol. The van der Waals surface area contributed by atoms with Gasteiger partial charge in [0.25, 0.3) is 10.1 Å². The topological polar surface area (TPSA) is 115 Å². The zero-order valence-electron chi connectivity index (χ0n) is 27.0. The summed E-state index contributed by atoms with van der Waals surface area (Å²) in [4.78, 5) is 10.1. The largest absolute Gasteiger partial charge is 0.493 e. The van der Waals surface area contributed by atoms with Gasteiger partial charge in [0, 0.05) is 21.9 Å². The fraction of sp³-hybridized carbons (Fsp3) is 0.297. The Hall–Kier alpha value is -4.39. The monoisotopic (exact) mass is 672 g/mol. The summed E-state index contributed by atoms with van der Waals surface area (Å²) in [5.41, 5.74) is 5.42. The molecule has 3 aromatic carbocycles. The molecule has 0 fully saturated rings. The van der Waals surface area contributed by atoms with Crippen LogP contribution in [0.25, 0.3) is 44.3 Å². The molecular formula is C37H40N2O8S. The fourth-order valence-electron chi connectivity index (χ4n) is 4.80. The average molecular weight is 673 g/mol. The smallest absolute Gasteiger partial charge is 0.264 e. The Morgan fingerprint density at radius 2 is 0.979 bits per heavy atom. The molecule has 0 aliphatic carbocycles. The summed E-state index contributed by atoms with van der Waals surface area (Å²) >= 11 is 0. The number of fused-ring (bicyclic) bond motifs is 3. The molecule has 0 spiro atoms. The lowest BCUT2D eigenvalue weighted by Gasteiger charge is -2.10. The maximum atomic E-state index is 10.9. The van der Waals surface area contributed by atoms with Crippen molar-refractivity contribution in [3.8, 4) is 34.0 Å². The Morgan fingerprint density at radius 1 is 0.562 bits per heavy atom. The van der Waals surface area contributed by atoms with Crippen LogP contribution < -0.4 is 9.47 Å². The standard InChI is InChI=1S/C37H40N2O8S/c1-3-4-19-45-32-13-7-28(8-14-32)34-17-11-30-5-6-31-12-18-35(39-37(31)36(30)38-34)29-9-15-33(16-10-29)46-26-24-43-22-20-42-21-23-44-25-27-47-48(2,40)41/h3,5-18H,1,4,19-27H2,2H3. The minimum absolute atomic E-state index is 0.00793. The van der Waals surface area contributed by atoms with Crippen molar-refractivity contribution in [2.75, 3.05) is 65.7 Å². The van der Waals surface area contributed by atoms with E-state index in [2.05, 4.69) is 35.0 Å². The van der Waals surface area contributed by atoms with Gasteiger partial charge in [-0.1, -0.05) is 30.3 Å². The van der Waals surface area contributed by atoms with E-state index < -0.39 is 10.1 Å². The lowest BCUT2D eigenvalue weighted by molar-refractivity contribution is 0.00532. The molecule has 5 aromatic rings. The molecule has 252 valence electrons. The van der Waals surface area contributed by atoms with Crippen molar-refractivity contribution < 1.29 is 36.3 Å². The normalized spacial score (nSPS) is 11.6. The van der Waals surface area contributed by atoms with Crippen LogP contribution >= 0.6 is 0 Å². The summed E-state index contributed by atoms with van der Waals surface area (Å²) in [5.74, 6) is 1.56. The van der Waals surface area contributed by atoms with E-state index in [4.69, 9.17) is 33.7 Å². The van der Waals surface area contributed by atoms with Gasteiger partial charge in [-0.15, -0.1) is 6.58 Å². The molecule has 48 heavy (non-hydrogen) atoms. The first-order valence-corrected chi connectivity index (χ1v) is 17.6. The van der Waals surface area contributed by atoms with Gasteiger partial charge in [-0.2, -0.15) is 8.42 Å². The SMILES string of the molecule is C=CCCOc1ccc(-c2ccc3ccc4ccc(-c5ccc(OCCOCCOCCOCCOS(C)(=O)=O)cc5)nc4c3n2)cc1. The number of pyridine rings is 2. The zero-order chi connectivity index (χ0) is 33.6. The third-order valence-electron chi connectivity index (χ3n) is 7.18. The predicted molar refractivity (Wildman–Crippen MR) is 187 cm³/mol. The first kappa shape index (κ1) is 34.9. The number of benzene rings is 3. The van der Waals surface area contributed by atoms with Gasteiger partial charge in [0.15, 0.2) is 0 Å². The second-order valence-electron chi connectivity index (χ2n) is 10.8. The number of ether oxygens (including phenoxy) is 5. The third kappa shape index (κ3) is 10.6. The molecule has 0 amide bonds. The number of rotatable bonds is 20. The highest BCUT2D eigenvalue weighted by Crippen LogP contribution is 2.30. The Bertz CT molecular complexity index is 1880. The molecule has 10 nitrogen and oxygen atoms in total. The molecule has 0 aliphatic heterocycles. The summed E-state index contributed by atoms with van der Waals surface area (Å²) in [7, 11) is -3.44. The molecule has 0 unspecified atom stereocenters. The van der Waals surface area contributed by atoms with Gasteiger partial charge >= 0.3 is 0 Å². The summed E-state index contributed by atoms with van der Waals surface area (Å²) in [6, 6.07) is 28.2. The van der Waals surface area contributed by atoms with Crippen LogP contribution in [0, 0.1) is 0 Å². The van der Waals surface area contributed by atoms with Gasteiger partial charge in [0.2, 0.25) is 0 Å². The Kier molecular flexibility index (Phi) is 12.9. The van der Waals surface area contributed by atoms with E-state index in [9.17, 15) is 8.42 Å². The van der Waals surface area contributed by atoms with Crippen LogP contribution in [0.1, 0.15) is 6.42 Å². The summed E-state index contributed by atoms with van der Waals surface area (Å²) in [5, 5.41) is 2.05. The minimum Gasteiger partial charge on any atom is -0.493 e. The van der Waals surface area contributed by atoms with Crippen LogP contribution in [0.5, 0.6) is 11.5 Å². The molecule has 2 heterocycles. The van der Waals surface area contributed by atoms with E-state index in [0.29, 0.717) is 46.2 Å². The number of nitrogens with zero attached hydrogens (tertiary/aromatic N) is 2. The molecule has 11 heteroatoms. The highest BCUT2D eigenvalue weighted by molar-refractivity contribution is 7.85. The first-order chi connectivity index (χ1) is 23.4. The molecule has 0 radical (unpaired) electrons. The molecule has 2 aromatic heterocycles. The van der Waals surface area contributed by atoms with Crippen molar-refractivity contribution >= 4 is 31.9 Å². The van der Waals surface area contributed by atoms with Crippen LogP contribution in [0.15, 0.2) is 97.6 Å². The number of aromatic nitrogens is 2. The van der Waals surface area contributed by atoms with E-state index in [1.807, 2.05) is 66.7 Å². The van der Waals surface area contributed by atoms with Crippen molar-refractivity contribution in [1.29, 1.82) is 0 Å². The Labute approximate surface area is 281 Å². The van der Waals surface area contributed by atoms with Crippen molar-refractivity contribution in [2.45, 2.75) is 6.42 Å². The Morgan fingerprint density at radius 3 is 1.44 bits per heavy atom. The van der Waals surface area contributed by atoms with Crippen molar-refractivity contribution in [2.24, 2.45) is 0 Å². The van der Waals surface area contributed by atoms with Gasteiger partial charge in [0.05, 0.1) is 81.5 Å². The molecule has 0 bridgehead atoms. The van der Waals surface area contributed by atoms with E-state index in [1.54, 1.807) is 0 Å². The quantitative estimate of drug-likeness (QED) is 0.0394. The van der Waals surface area contributed by atoms with E-state index in [0.717, 1.165) is 68.5 Å². The second-order valence-corrected chi connectivity index (χ2v) is 12.4. The maximum absolute atomic E-state index is 10.9. The molecule has 0 saturated heterocycles. The highest BCUT2D eigenvalue weighted by atomic mass is 32.2. The number of hydrogen-bond donors (Lipinski definition) is 0. The summed E-state index contributed by atoms with van der Waals surface area (Å²) in [6.07, 6.45) is 3.65. The van der Waals surface area contributed by atoms with Gasteiger partial charge in [-0.25, -0.2) is 9.97 Å². The fourth-order valence-corrected chi connectivity index (χ4v) is 5.17.